The van der Waals surface area contributed by atoms with Crippen molar-refractivity contribution in [1.82, 2.24) is 0 Å². The third kappa shape index (κ3) is 3.27. The molecule has 0 aromatic heterocycles. The molecule has 2 rings (SSSR count). The van der Waals surface area contributed by atoms with Crippen molar-refractivity contribution >= 4 is 29.7 Å². The van der Waals surface area contributed by atoms with Gasteiger partial charge in [-0.1, -0.05) is 6.07 Å². The normalized spacial score (nSPS) is 9.75. The van der Waals surface area contributed by atoms with Crippen molar-refractivity contribution in [3.63, 3.8) is 0 Å². The predicted octanol–water partition coefficient (Wildman–Crippen LogP) is 3.41. The summed E-state index contributed by atoms with van der Waals surface area (Å²) in [6.45, 7) is 1.88. The summed E-state index contributed by atoms with van der Waals surface area (Å²) >= 11 is 0. The highest BCUT2D eigenvalue weighted by atomic mass is 35.5. The van der Waals surface area contributed by atoms with E-state index in [1.165, 1.54) is 17.0 Å². The van der Waals surface area contributed by atoms with Crippen molar-refractivity contribution in [2.45, 2.75) is 6.92 Å². The number of anilines is 2. The van der Waals surface area contributed by atoms with Crippen LogP contribution in [0.5, 0.6) is 0 Å². The maximum atomic E-state index is 12.9. The number of halogens is 2. The average Bonchev–Trinajstić information content (AvgIpc) is 2.41. The summed E-state index contributed by atoms with van der Waals surface area (Å²) in [7, 11) is 1.64. The van der Waals surface area contributed by atoms with Crippen LogP contribution in [0.1, 0.15) is 15.9 Å². The molecule has 0 bridgehead atoms. The van der Waals surface area contributed by atoms with Crippen LogP contribution in [-0.2, 0) is 0 Å². The minimum absolute atomic E-state index is 0. The fraction of sp³-hybridized carbons (Fsp3) is 0.133. The van der Waals surface area contributed by atoms with E-state index in [0.29, 0.717) is 16.9 Å². The zero-order valence-corrected chi connectivity index (χ0v) is 12.1. The van der Waals surface area contributed by atoms with E-state index in [1.807, 2.05) is 6.92 Å². The number of carbonyl (C=O) groups excluding carboxylic acids is 1. The van der Waals surface area contributed by atoms with Gasteiger partial charge in [-0.05, 0) is 48.9 Å². The Hall–Kier alpha value is -2.07. The van der Waals surface area contributed by atoms with Crippen LogP contribution >= 0.6 is 12.4 Å². The lowest BCUT2D eigenvalue weighted by molar-refractivity contribution is 0.0993. The van der Waals surface area contributed by atoms with E-state index in [4.69, 9.17) is 5.73 Å². The molecular formula is C15H16ClFN2O. The molecule has 3 nitrogen and oxygen atoms in total. The van der Waals surface area contributed by atoms with Gasteiger partial charge in [0.1, 0.15) is 5.82 Å². The Morgan fingerprint density at radius 2 is 1.75 bits per heavy atom. The molecule has 0 saturated heterocycles. The molecule has 0 spiro atoms. The van der Waals surface area contributed by atoms with E-state index >= 15 is 0 Å². The molecule has 2 aromatic carbocycles. The van der Waals surface area contributed by atoms with Gasteiger partial charge < -0.3 is 10.6 Å². The zero-order chi connectivity index (χ0) is 14.0. The summed E-state index contributed by atoms with van der Waals surface area (Å²) in [6, 6.07) is 11.0. The number of rotatable bonds is 2. The topological polar surface area (TPSA) is 46.3 Å². The van der Waals surface area contributed by atoms with Crippen LogP contribution in [0.2, 0.25) is 0 Å². The highest BCUT2D eigenvalue weighted by Gasteiger charge is 2.14. The number of nitrogens with zero attached hydrogens (tertiary/aromatic N) is 1. The van der Waals surface area contributed by atoms with E-state index in [1.54, 1.807) is 37.4 Å². The molecule has 20 heavy (non-hydrogen) atoms. The van der Waals surface area contributed by atoms with Crippen molar-refractivity contribution < 1.29 is 9.18 Å². The van der Waals surface area contributed by atoms with Gasteiger partial charge >= 0.3 is 0 Å². The zero-order valence-electron chi connectivity index (χ0n) is 11.3. The van der Waals surface area contributed by atoms with E-state index < -0.39 is 0 Å². The number of benzene rings is 2. The monoisotopic (exact) mass is 294 g/mol. The summed E-state index contributed by atoms with van der Waals surface area (Å²) in [5.74, 6) is -0.512. The Morgan fingerprint density at radius 1 is 1.15 bits per heavy atom. The second-order valence-electron chi connectivity index (χ2n) is 4.41. The van der Waals surface area contributed by atoms with Crippen LogP contribution in [0.25, 0.3) is 0 Å². The first kappa shape index (κ1) is 16.0. The molecule has 5 heteroatoms. The summed E-state index contributed by atoms with van der Waals surface area (Å²) in [5, 5.41) is 0. The van der Waals surface area contributed by atoms with Crippen LogP contribution in [0.4, 0.5) is 15.8 Å². The standard InChI is InChI=1S/C15H15FN2O.ClH/c1-10-3-4-11(9-14(10)17)15(19)18(2)13-7-5-12(16)6-8-13;/h3-9H,17H2,1-2H3;1H. The van der Waals surface area contributed by atoms with Crippen LogP contribution in [0.15, 0.2) is 42.5 Å². The molecular weight excluding hydrogens is 279 g/mol. The fourth-order valence-corrected chi connectivity index (χ4v) is 1.75. The minimum atomic E-state index is -0.329. The Labute approximate surface area is 123 Å². The summed E-state index contributed by atoms with van der Waals surface area (Å²) in [4.78, 5) is 13.7. The number of nitrogens with two attached hydrogens (primary N) is 1. The number of hydrogen-bond acceptors (Lipinski definition) is 2. The van der Waals surface area contributed by atoms with Gasteiger partial charge in [0.2, 0.25) is 0 Å². The molecule has 0 saturated carbocycles. The summed E-state index contributed by atoms with van der Waals surface area (Å²) in [6.07, 6.45) is 0. The van der Waals surface area contributed by atoms with Crippen molar-refractivity contribution in [2.75, 3.05) is 17.7 Å². The van der Waals surface area contributed by atoms with Gasteiger partial charge in [-0.2, -0.15) is 0 Å². The molecule has 1 amide bonds. The van der Waals surface area contributed by atoms with Gasteiger partial charge in [0.05, 0.1) is 0 Å². The number of hydrogen-bond donors (Lipinski definition) is 1. The SMILES string of the molecule is Cc1ccc(C(=O)N(C)c2ccc(F)cc2)cc1N.Cl. The predicted molar refractivity (Wildman–Crippen MR) is 82.0 cm³/mol. The Kier molecular flexibility index (Phi) is 5.11. The molecule has 0 radical (unpaired) electrons. The Morgan fingerprint density at radius 3 is 2.30 bits per heavy atom. The largest absolute Gasteiger partial charge is 0.398 e. The number of amides is 1. The van der Waals surface area contributed by atoms with E-state index in [9.17, 15) is 9.18 Å². The third-order valence-electron chi connectivity index (χ3n) is 3.04. The summed E-state index contributed by atoms with van der Waals surface area (Å²) in [5.41, 5.74) is 8.45. The van der Waals surface area contributed by atoms with Gasteiger partial charge in [-0.25, -0.2) is 4.39 Å². The molecule has 0 atom stereocenters. The van der Waals surface area contributed by atoms with Crippen LogP contribution in [-0.4, -0.2) is 13.0 Å². The first-order valence-corrected chi connectivity index (χ1v) is 5.89. The number of aryl methyl sites for hydroxylation is 1. The smallest absolute Gasteiger partial charge is 0.258 e. The molecule has 0 aliphatic rings. The first-order valence-electron chi connectivity index (χ1n) is 5.89. The molecule has 106 valence electrons. The highest BCUT2D eigenvalue weighted by molar-refractivity contribution is 6.06. The van der Waals surface area contributed by atoms with Gasteiger partial charge in [-0.15, -0.1) is 12.4 Å². The van der Waals surface area contributed by atoms with E-state index in [2.05, 4.69) is 0 Å². The van der Waals surface area contributed by atoms with Gasteiger partial charge in [-0.3, -0.25) is 4.79 Å². The van der Waals surface area contributed by atoms with E-state index in [-0.39, 0.29) is 24.1 Å². The van der Waals surface area contributed by atoms with Crippen LogP contribution in [0, 0.1) is 12.7 Å². The lowest BCUT2D eigenvalue weighted by atomic mass is 10.1. The van der Waals surface area contributed by atoms with Crippen molar-refractivity contribution in [3.05, 3.63) is 59.4 Å². The summed E-state index contributed by atoms with van der Waals surface area (Å²) < 4.78 is 12.9. The second kappa shape index (κ2) is 6.39. The van der Waals surface area contributed by atoms with E-state index in [0.717, 1.165) is 5.56 Å². The van der Waals surface area contributed by atoms with Crippen LogP contribution < -0.4 is 10.6 Å². The third-order valence-corrected chi connectivity index (χ3v) is 3.04. The molecule has 0 fully saturated rings. The van der Waals surface area contributed by atoms with Crippen molar-refractivity contribution in [2.24, 2.45) is 0 Å². The first-order chi connectivity index (χ1) is 8.99. The van der Waals surface area contributed by atoms with Crippen molar-refractivity contribution in [1.29, 1.82) is 0 Å². The number of carbonyl (C=O) groups is 1. The molecule has 0 heterocycles. The maximum absolute atomic E-state index is 12.9. The minimum Gasteiger partial charge on any atom is -0.398 e. The Bertz CT molecular complexity index is 614. The Balaban J connectivity index is 0.00000200. The van der Waals surface area contributed by atoms with Crippen molar-refractivity contribution in [3.8, 4) is 0 Å². The highest BCUT2D eigenvalue weighted by Crippen LogP contribution is 2.18. The van der Waals surface area contributed by atoms with Gasteiger partial charge in [0, 0.05) is 24.0 Å². The quantitative estimate of drug-likeness (QED) is 0.863. The molecule has 2 aromatic rings. The maximum Gasteiger partial charge on any atom is 0.258 e. The van der Waals surface area contributed by atoms with Gasteiger partial charge in [0.25, 0.3) is 5.91 Å². The molecule has 0 aliphatic carbocycles. The average molecular weight is 295 g/mol. The lowest BCUT2D eigenvalue weighted by Crippen LogP contribution is -2.26. The second-order valence-corrected chi connectivity index (χ2v) is 4.41. The molecule has 0 aliphatic heterocycles. The van der Waals surface area contributed by atoms with Gasteiger partial charge in [0.15, 0.2) is 0 Å². The fourth-order valence-electron chi connectivity index (χ4n) is 1.75. The number of nitrogen functional groups attached to an aromatic ring is 1. The molecule has 2 N–H and O–H groups in total. The van der Waals surface area contributed by atoms with Crippen LogP contribution in [0.3, 0.4) is 0 Å². The lowest BCUT2D eigenvalue weighted by Gasteiger charge is -2.17. The molecule has 0 unspecified atom stereocenters.